The fourth-order valence-electron chi connectivity index (χ4n) is 3.75. The van der Waals surface area contributed by atoms with Crippen molar-refractivity contribution < 1.29 is 4.79 Å². The summed E-state index contributed by atoms with van der Waals surface area (Å²) in [5.41, 5.74) is 2.86. The van der Waals surface area contributed by atoms with Gasteiger partial charge in [0.25, 0.3) is 0 Å². The summed E-state index contributed by atoms with van der Waals surface area (Å²) < 4.78 is 0. The molecule has 2 aliphatic heterocycles. The van der Waals surface area contributed by atoms with Gasteiger partial charge < -0.3 is 9.80 Å². The lowest BCUT2D eigenvalue weighted by molar-refractivity contribution is -0.131. The minimum atomic E-state index is 0.285. The van der Waals surface area contributed by atoms with Gasteiger partial charge in [0.2, 0.25) is 5.91 Å². The van der Waals surface area contributed by atoms with E-state index in [1.165, 1.54) is 0 Å². The number of hydrogen-bond acceptors (Lipinski definition) is 5. The van der Waals surface area contributed by atoms with Gasteiger partial charge in [-0.25, -0.2) is 9.97 Å². The third-order valence-corrected chi connectivity index (χ3v) is 5.21. The number of aromatic nitrogens is 2. The summed E-state index contributed by atoms with van der Waals surface area (Å²) in [5, 5.41) is 0. The molecule has 0 N–H and O–H groups in total. The van der Waals surface area contributed by atoms with Crippen LogP contribution in [0.4, 0.5) is 5.82 Å². The minimum Gasteiger partial charge on any atom is -0.353 e. The highest BCUT2D eigenvalue weighted by atomic mass is 16.2. The molecule has 1 amide bonds. The van der Waals surface area contributed by atoms with E-state index in [1.807, 2.05) is 36.1 Å². The number of rotatable bonds is 3. The topological polar surface area (TPSA) is 52.6 Å². The van der Waals surface area contributed by atoms with Gasteiger partial charge in [0.15, 0.2) is 5.82 Å². The molecule has 1 aromatic carbocycles. The number of carbonyl (C=O) groups excluding carboxylic acids is 1. The average Bonchev–Trinajstić information content (AvgIpc) is 3.17. The second kappa shape index (κ2) is 6.96. The molecule has 0 aliphatic carbocycles. The quantitative estimate of drug-likeness (QED) is 0.852. The zero-order chi connectivity index (χ0) is 17.2. The Hall–Kier alpha value is -2.21. The first-order valence-electron chi connectivity index (χ1n) is 9.19. The smallest absolute Gasteiger partial charge is 0.236 e. The van der Waals surface area contributed by atoms with Crippen LogP contribution in [0.25, 0.3) is 11.0 Å². The standard InChI is InChI=1S/C19H25N5O/c1-15-19(21-17-7-3-2-6-16(17)20-15)24-12-10-22(11-13-24)14-18(25)23-8-4-5-9-23/h2-3,6-7H,4-5,8-14H2,1H3. The maximum atomic E-state index is 12.3. The highest BCUT2D eigenvalue weighted by Gasteiger charge is 2.24. The molecule has 0 spiro atoms. The van der Waals surface area contributed by atoms with Gasteiger partial charge in [0.1, 0.15) is 0 Å². The van der Waals surface area contributed by atoms with Crippen molar-refractivity contribution in [1.29, 1.82) is 0 Å². The predicted octanol–water partition coefficient (Wildman–Crippen LogP) is 1.68. The van der Waals surface area contributed by atoms with Gasteiger partial charge >= 0.3 is 0 Å². The Morgan fingerprint density at radius 2 is 1.60 bits per heavy atom. The number of nitrogens with zero attached hydrogens (tertiary/aromatic N) is 5. The molecule has 6 nitrogen and oxygen atoms in total. The average molecular weight is 339 g/mol. The fraction of sp³-hybridized carbons (Fsp3) is 0.526. The van der Waals surface area contributed by atoms with E-state index in [1.54, 1.807) is 0 Å². The number of hydrogen-bond donors (Lipinski definition) is 0. The molecule has 2 fully saturated rings. The number of para-hydroxylation sites is 2. The van der Waals surface area contributed by atoms with Crippen LogP contribution in [-0.2, 0) is 4.79 Å². The summed E-state index contributed by atoms with van der Waals surface area (Å²) in [5.74, 6) is 1.26. The number of carbonyl (C=O) groups is 1. The van der Waals surface area contributed by atoms with E-state index in [0.717, 1.165) is 74.7 Å². The van der Waals surface area contributed by atoms with Crippen LogP contribution in [0.3, 0.4) is 0 Å². The highest BCUT2D eigenvalue weighted by molar-refractivity contribution is 5.78. The van der Waals surface area contributed by atoms with Gasteiger partial charge in [-0.15, -0.1) is 0 Å². The molecule has 0 radical (unpaired) electrons. The van der Waals surface area contributed by atoms with Gasteiger partial charge in [0, 0.05) is 39.3 Å². The van der Waals surface area contributed by atoms with Crippen LogP contribution in [0, 0.1) is 6.92 Å². The lowest BCUT2D eigenvalue weighted by Crippen LogP contribution is -2.50. The van der Waals surface area contributed by atoms with Crippen molar-refractivity contribution in [2.24, 2.45) is 0 Å². The molecule has 25 heavy (non-hydrogen) atoms. The Bertz CT molecular complexity index is 763. The Morgan fingerprint density at radius 3 is 2.28 bits per heavy atom. The number of amides is 1. The maximum absolute atomic E-state index is 12.3. The van der Waals surface area contributed by atoms with Crippen molar-refractivity contribution in [3.05, 3.63) is 30.0 Å². The molecule has 0 atom stereocenters. The van der Waals surface area contributed by atoms with Crippen LogP contribution >= 0.6 is 0 Å². The van der Waals surface area contributed by atoms with Gasteiger partial charge in [-0.05, 0) is 31.9 Å². The van der Waals surface area contributed by atoms with Crippen LogP contribution in [0.1, 0.15) is 18.5 Å². The van der Waals surface area contributed by atoms with Crippen molar-refractivity contribution in [2.75, 3.05) is 50.7 Å². The van der Waals surface area contributed by atoms with Gasteiger partial charge in [0.05, 0.1) is 23.3 Å². The Balaban J connectivity index is 1.40. The van der Waals surface area contributed by atoms with Crippen molar-refractivity contribution >= 4 is 22.8 Å². The summed E-state index contributed by atoms with van der Waals surface area (Å²) in [4.78, 5) is 28.4. The molecule has 132 valence electrons. The highest BCUT2D eigenvalue weighted by Crippen LogP contribution is 2.21. The number of anilines is 1. The molecule has 2 aromatic rings. The molecule has 2 saturated heterocycles. The Labute approximate surface area is 148 Å². The molecular formula is C19H25N5O. The van der Waals surface area contributed by atoms with E-state index in [2.05, 4.69) is 9.80 Å². The van der Waals surface area contributed by atoms with Crippen LogP contribution in [0.15, 0.2) is 24.3 Å². The second-order valence-corrected chi connectivity index (χ2v) is 6.97. The van der Waals surface area contributed by atoms with E-state index in [0.29, 0.717) is 6.54 Å². The van der Waals surface area contributed by atoms with E-state index >= 15 is 0 Å². The SMILES string of the molecule is Cc1nc2ccccc2nc1N1CCN(CC(=O)N2CCCC2)CC1. The molecule has 0 bridgehead atoms. The molecule has 3 heterocycles. The number of piperazine rings is 1. The fourth-order valence-corrected chi connectivity index (χ4v) is 3.75. The first kappa shape index (κ1) is 16.3. The molecule has 4 rings (SSSR count). The normalized spacial score (nSPS) is 18.9. The predicted molar refractivity (Wildman–Crippen MR) is 98.7 cm³/mol. The molecule has 0 saturated carbocycles. The number of benzene rings is 1. The molecule has 1 aromatic heterocycles. The van der Waals surface area contributed by atoms with Crippen molar-refractivity contribution in [3.8, 4) is 0 Å². The lowest BCUT2D eigenvalue weighted by Gasteiger charge is -2.36. The van der Waals surface area contributed by atoms with Crippen molar-refractivity contribution in [3.63, 3.8) is 0 Å². The van der Waals surface area contributed by atoms with Gasteiger partial charge in [-0.2, -0.15) is 0 Å². The Morgan fingerprint density at radius 1 is 0.960 bits per heavy atom. The van der Waals surface area contributed by atoms with E-state index in [9.17, 15) is 4.79 Å². The van der Waals surface area contributed by atoms with Crippen LogP contribution in [-0.4, -0.2) is 71.5 Å². The monoisotopic (exact) mass is 339 g/mol. The molecule has 6 heteroatoms. The van der Waals surface area contributed by atoms with Crippen LogP contribution in [0.5, 0.6) is 0 Å². The minimum absolute atomic E-state index is 0.285. The summed E-state index contributed by atoms with van der Waals surface area (Å²) in [6, 6.07) is 8.00. The van der Waals surface area contributed by atoms with E-state index in [-0.39, 0.29) is 5.91 Å². The number of aryl methyl sites for hydroxylation is 1. The van der Waals surface area contributed by atoms with E-state index in [4.69, 9.17) is 9.97 Å². The maximum Gasteiger partial charge on any atom is 0.236 e. The summed E-state index contributed by atoms with van der Waals surface area (Å²) in [7, 11) is 0. The Kier molecular flexibility index (Phi) is 4.53. The molecular weight excluding hydrogens is 314 g/mol. The van der Waals surface area contributed by atoms with Crippen LogP contribution < -0.4 is 4.90 Å². The van der Waals surface area contributed by atoms with Crippen molar-refractivity contribution in [1.82, 2.24) is 19.8 Å². The zero-order valence-corrected chi connectivity index (χ0v) is 14.8. The third kappa shape index (κ3) is 3.44. The lowest BCUT2D eigenvalue weighted by atomic mass is 10.2. The van der Waals surface area contributed by atoms with Gasteiger partial charge in [-0.1, -0.05) is 12.1 Å². The molecule has 0 unspecified atom stereocenters. The zero-order valence-electron chi connectivity index (χ0n) is 14.8. The summed E-state index contributed by atoms with van der Waals surface area (Å²) >= 11 is 0. The van der Waals surface area contributed by atoms with Crippen molar-refractivity contribution in [2.45, 2.75) is 19.8 Å². The second-order valence-electron chi connectivity index (χ2n) is 6.97. The first-order chi connectivity index (χ1) is 12.2. The van der Waals surface area contributed by atoms with Crippen LogP contribution in [0.2, 0.25) is 0 Å². The summed E-state index contributed by atoms with van der Waals surface area (Å²) in [6.45, 7) is 8.02. The van der Waals surface area contributed by atoms with E-state index < -0.39 is 0 Å². The molecule has 2 aliphatic rings. The number of likely N-dealkylation sites (tertiary alicyclic amines) is 1. The summed E-state index contributed by atoms with van der Waals surface area (Å²) in [6.07, 6.45) is 2.30. The first-order valence-corrected chi connectivity index (χ1v) is 9.19. The van der Waals surface area contributed by atoms with Gasteiger partial charge in [-0.3, -0.25) is 9.69 Å². The largest absolute Gasteiger partial charge is 0.353 e. The third-order valence-electron chi connectivity index (χ3n) is 5.21. The number of fused-ring (bicyclic) bond motifs is 1.